The second-order valence-corrected chi connectivity index (χ2v) is 7.18. The molecule has 2 aromatic carbocycles. The predicted molar refractivity (Wildman–Crippen MR) is 91.5 cm³/mol. The zero-order valence-corrected chi connectivity index (χ0v) is 14.9. The Kier molecular flexibility index (Phi) is 4.55. The standard InChI is InChI=1S/C17H16Br2O2/c1-11-9-20-15-7-4-13(8-16(15)21-10-11)17(19)12-2-5-14(18)6-3-12/h2-8,11,17H,9-10H2,1H3. The summed E-state index contributed by atoms with van der Waals surface area (Å²) >= 11 is 7.23. The van der Waals surface area contributed by atoms with Gasteiger partial charge in [-0.3, -0.25) is 0 Å². The Hall–Kier alpha value is -1.00. The van der Waals surface area contributed by atoms with Gasteiger partial charge in [-0.1, -0.05) is 57.0 Å². The highest BCUT2D eigenvalue weighted by atomic mass is 79.9. The third-order valence-electron chi connectivity index (χ3n) is 3.47. The zero-order chi connectivity index (χ0) is 14.8. The van der Waals surface area contributed by atoms with Crippen LogP contribution in [0.25, 0.3) is 0 Å². The van der Waals surface area contributed by atoms with E-state index >= 15 is 0 Å². The summed E-state index contributed by atoms with van der Waals surface area (Å²) in [6.07, 6.45) is 0. The van der Waals surface area contributed by atoms with Crippen LogP contribution in [0.4, 0.5) is 0 Å². The lowest BCUT2D eigenvalue weighted by atomic mass is 10.0. The smallest absolute Gasteiger partial charge is 0.161 e. The largest absolute Gasteiger partial charge is 0.489 e. The van der Waals surface area contributed by atoms with E-state index in [-0.39, 0.29) is 4.83 Å². The van der Waals surface area contributed by atoms with E-state index in [2.05, 4.69) is 63.0 Å². The van der Waals surface area contributed by atoms with Crippen LogP contribution in [0, 0.1) is 5.92 Å². The van der Waals surface area contributed by atoms with E-state index < -0.39 is 0 Å². The maximum absolute atomic E-state index is 5.85. The fourth-order valence-corrected chi connectivity index (χ4v) is 3.11. The molecule has 1 aliphatic rings. The molecule has 3 rings (SSSR count). The quantitative estimate of drug-likeness (QED) is 0.621. The van der Waals surface area contributed by atoms with Gasteiger partial charge in [0.15, 0.2) is 11.5 Å². The number of halogens is 2. The van der Waals surface area contributed by atoms with Crippen molar-refractivity contribution in [2.75, 3.05) is 13.2 Å². The van der Waals surface area contributed by atoms with E-state index in [4.69, 9.17) is 9.47 Å². The molecule has 0 bridgehead atoms. The van der Waals surface area contributed by atoms with Crippen molar-refractivity contribution in [2.24, 2.45) is 5.92 Å². The van der Waals surface area contributed by atoms with E-state index in [1.165, 1.54) is 5.56 Å². The molecule has 21 heavy (non-hydrogen) atoms. The van der Waals surface area contributed by atoms with Gasteiger partial charge in [-0.25, -0.2) is 0 Å². The molecule has 2 unspecified atom stereocenters. The molecule has 1 heterocycles. The average Bonchev–Trinajstić information content (AvgIpc) is 2.69. The maximum atomic E-state index is 5.85. The molecule has 110 valence electrons. The SMILES string of the molecule is CC1COc2ccc(C(Br)c3ccc(Br)cc3)cc2OC1. The number of alkyl halides is 1. The first-order valence-electron chi connectivity index (χ1n) is 6.92. The molecule has 2 aromatic rings. The predicted octanol–water partition coefficient (Wildman–Crippen LogP) is 5.34. The molecular weight excluding hydrogens is 396 g/mol. The summed E-state index contributed by atoms with van der Waals surface area (Å²) in [5.41, 5.74) is 2.37. The first-order chi connectivity index (χ1) is 10.1. The number of hydrogen-bond donors (Lipinski definition) is 0. The third-order valence-corrected chi connectivity index (χ3v) is 5.06. The van der Waals surface area contributed by atoms with Crippen LogP contribution in [0.1, 0.15) is 22.9 Å². The van der Waals surface area contributed by atoms with Crippen LogP contribution in [0.3, 0.4) is 0 Å². The molecular formula is C17H16Br2O2. The van der Waals surface area contributed by atoms with Gasteiger partial charge in [0.1, 0.15) is 0 Å². The summed E-state index contributed by atoms with van der Waals surface area (Å²) in [6, 6.07) is 14.5. The minimum atomic E-state index is 0.139. The van der Waals surface area contributed by atoms with Crippen LogP contribution in [0.15, 0.2) is 46.9 Å². The first-order valence-corrected chi connectivity index (χ1v) is 8.63. The summed E-state index contributed by atoms with van der Waals surface area (Å²) in [5, 5.41) is 0. The molecule has 2 nitrogen and oxygen atoms in total. The molecule has 0 spiro atoms. The number of hydrogen-bond acceptors (Lipinski definition) is 2. The normalized spacial score (nSPS) is 18.9. The lowest BCUT2D eigenvalue weighted by molar-refractivity contribution is 0.228. The molecule has 0 saturated heterocycles. The van der Waals surface area contributed by atoms with Gasteiger partial charge in [0, 0.05) is 10.4 Å². The summed E-state index contributed by atoms with van der Waals surface area (Å²) in [5.74, 6) is 2.07. The van der Waals surface area contributed by atoms with Gasteiger partial charge in [0.05, 0.1) is 18.0 Å². The molecule has 0 fully saturated rings. The Morgan fingerprint density at radius 3 is 2.29 bits per heavy atom. The van der Waals surface area contributed by atoms with E-state index in [9.17, 15) is 0 Å². The molecule has 0 N–H and O–H groups in total. The van der Waals surface area contributed by atoms with Crippen molar-refractivity contribution in [1.29, 1.82) is 0 Å². The van der Waals surface area contributed by atoms with Gasteiger partial charge >= 0.3 is 0 Å². The van der Waals surface area contributed by atoms with Crippen molar-refractivity contribution in [1.82, 2.24) is 0 Å². The van der Waals surface area contributed by atoms with Gasteiger partial charge in [0.2, 0.25) is 0 Å². The number of ether oxygens (including phenoxy) is 2. The molecule has 0 aliphatic carbocycles. The van der Waals surface area contributed by atoms with Crippen LogP contribution >= 0.6 is 31.9 Å². The lowest BCUT2D eigenvalue weighted by Gasteiger charge is -2.14. The summed E-state index contributed by atoms with van der Waals surface area (Å²) in [7, 11) is 0. The molecule has 0 aromatic heterocycles. The minimum Gasteiger partial charge on any atom is -0.489 e. The number of fused-ring (bicyclic) bond motifs is 1. The van der Waals surface area contributed by atoms with Crippen molar-refractivity contribution in [2.45, 2.75) is 11.8 Å². The Morgan fingerprint density at radius 1 is 0.952 bits per heavy atom. The van der Waals surface area contributed by atoms with Crippen LogP contribution in [-0.2, 0) is 0 Å². The van der Waals surface area contributed by atoms with Crippen LogP contribution in [0.2, 0.25) is 0 Å². The Labute approximate surface area is 141 Å². The lowest BCUT2D eigenvalue weighted by Crippen LogP contribution is -2.12. The van der Waals surface area contributed by atoms with Crippen molar-refractivity contribution in [3.8, 4) is 11.5 Å². The topological polar surface area (TPSA) is 18.5 Å². The first kappa shape index (κ1) is 14.9. The summed E-state index contributed by atoms with van der Waals surface area (Å²) < 4.78 is 12.7. The van der Waals surface area contributed by atoms with Gasteiger partial charge in [-0.15, -0.1) is 0 Å². The zero-order valence-electron chi connectivity index (χ0n) is 11.7. The fraction of sp³-hybridized carbons (Fsp3) is 0.294. The van der Waals surface area contributed by atoms with Gasteiger partial charge in [-0.05, 0) is 35.4 Å². The summed E-state index contributed by atoms with van der Waals surface area (Å²) in [6.45, 7) is 3.53. The fourth-order valence-electron chi connectivity index (χ4n) is 2.25. The molecule has 0 saturated carbocycles. The maximum Gasteiger partial charge on any atom is 0.161 e. The molecule has 4 heteroatoms. The summed E-state index contributed by atoms with van der Waals surface area (Å²) in [4.78, 5) is 0.139. The van der Waals surface area contributed by atoms with Gasteiger partial charge < -0.3 is 9.47 Å². The second-order valence-electron chi connectivity index (χ2n) is 5.35. The molecule has 0 amide bonds. The van der Waals surface area contributed by atoms with E-state index in [1.54, 1.807) is 0 Å². The van der Waals surface area contributed by atoms with Crippen LogP contribution in [-0.4, -0.2) is 13.2 Å². The van der Waals surface area contributed by atoms with Crippen LogP contribution in [0.5, 0.6) is 11.5 Å². The van der Waals surface area contributed by atoms with Crippen molar-refractivity contribution >= 4 is 31.9 Å². The van der Waals surface area contributed by atoms with E-state index in [0.717, 1.165) is 21.5 Å². The molecule has 1 aliphatic heterocycles. The Bertz CT molecular complexity index is 625. The van der Waals surface area contributed by atoms with Crippen molar-refractivity contribution < 1.29 is 9.47 Å². The molecule has 0 radical (unpaired) electrons. The Morgan fingerprint density at radius 2 is 1.57 bits per heavy atom. The average molecular weight is 412 g/mol. The highest BCUT2D eigenvalue weighted by Crippen LogP contribution is 2.38. The Balaban J connectivity index is 1.88. The highest BCUT2D eigenvalue weighted by Gasteiger charge is 2.18. The molecule has 2 atom stereocenters. The van der Waals surface area contributed by atoms with Crippen LogP contribution < -0.4 is 9.47 Å². The number of benzene rings is 2. The van der Waals surface area contributed by atoms with E-state index in [0.29, 0.717) is 19.1 Å². The number of rotatable bonds is 2. The van der Waals surface area contributed by atoms with E-state index in [1.807, 2.05) is 18.2 Å². The highest BCUT2D eigenvalue weighted by molar-refractivity contribution is 9.10. The van der Waals surface area contributed by atoms with Crippen molar-refractivity contribution in [3.05, 3.63) is 58.1 Å². The second kappa shape index (κ2) is 6.41. The minimum absolute atomic E-state index is 0.139. The van der Waals surface area contributed by atoms with Crippen molar-refractivity contribution in [3.63, 3.8) is 0 Å². The third kappa shape index (κ3) is 3.43. The van der Waals surface area contributed by atoms with Gasteiger partial charge in [0.25, 0.3) is 0 Å². The van der Waals surface area contributed by atoms with Gasteiger partial charge in [-0.2, -0.15) is 0 Å². The monoisotopic (exact) mass is 410 g/mol.